The fraction of sp³-hybridized carbons (Fsp3) is 0.438. The second-order valence-electron chi connectivity index (χ2n) is 5.21. The molecule has 1 aliphatic carbocycles. The van der Waals surface area contributed by atoms with Gasteiger partial charge in [0, 0.05) is 12.8 Å². The van der Waals surface area contributed by atoms with E-state index in [2.05, 4.69) is 16.6 Å². The third-order valence-electron chi connectivity index (χ3n) is 3.63. The SMILES string of the molecule is CC#CCOc1ccc(S(=O)(=O)NC2(OC=O)CCCC2)cc1. The van der Waals surface area contributed by atoms with Gasteiger partial charge in [0.15, 0.2) is 5.72 Å². The lowest BCUT2D eigenvalue weighted by Gasteiger charge is -2.27. The Morgan fingerprint density at radius 1 is 1.26 bits per heavy atom. The van der Waals surface area contributed by atoms with Gasteiger partial charge in [-0.2, -0.15) is 4.72 Å². The quantitative estimate of drug-likeness (QED) is 0.466. The van der Waals surface area contributed by atoms with Crippen LogP contribution in [0.2, 0.25) is 0 Å². The van der Waals surface area contributed by atoms with Gasteiger partial charge in [-0.15, -0.1) is 5.92 Å². The van der Waals surface area contributed by atoms with Crippen molar-refractivity contribution in [3.05, 3.63) is 24.3 Å². The molecule has 0 unspecified atom stereocenters. The first-order valence-electron chi connectivity index (χ1n) is 7.29. The van der Waals surface area contributed by atoms with Crippen molar-refractivity contribution in [2.45, 2.75) is 43.2 Å². The molecule has 23 heavy (non-hydrogen) atoms. The van der Waals surface area contributed by atoms with Crippen LogP contribution in [0.15, 0.2) is 29.2 Å². The van der Waals surface area contributed by atoms with Crippen molar-refractivity contribution in [3.63, 3.8) is 0 Å². The molecule has 124 valence electrons. The predicted molar refractivity (Wildman–Crippen MR) is 84.1 cm³/mol. The largest absolute Gasteiger partial charge is 0.481 e. The third-order valence-corrected chi connectivity index (χ3v) is 5.16. The average Bonchev–Trinajstić information content (AvgIpc) is 2.96. The molecule has 0 aliphatic heterocycles. The number of carbonyl (C=O) groups excluding carboxylic acids is 1. The van der Waals surface area contributed by atoms with Crippen LogP contribution in [0.25, 0.3) is 0 Å². The molecular formula is C16H19NO5S. The van der Waals surface area contributed by atoms with E-state index < -0.39 is 15.7 Å². The Bertz CT molecular complexity index is 694. The van der Waals surface area contributed by atoms with E-state index in [-0.39, 0.29) is 11.5 Å². The lowest BCUT2D eigenvalue weighted by molar-refractivity contribution is -0.144. The summed E-state index contributed by atoms with van der Waals surface area (Å²) in [5.41, 5.74) is -1.13. The Hall–Kier alpha value is -2.04. The molecule has 0 aromatic heterocycles. The summed E-state index contributed by atoms with van der Waals surface area (Å²) in [6, 6.07) is 6.02. The number of ether oxygens (including phenoxy) is 2. The van der Waals surface area contributed by atoms with Crippen LogP contribution in [0, 0.1) is 11.8 Å². The highest BCUT2D eigenvalue weighted by Gasteiger charge is 2.39. The standard InChI is InChI=1S/C16H19NO5S/c1-2-3-12-21-14-6-8-15(9-7-14)23(19,20)17-16(22-13-18)10-4-5-11-16/h6-9,13,17H,4-5,10-12H2,1H3. The Kier molecular flexibility index (Phi) is 5.64. The van der Waals surface area contributed by atoms with E-state index in [1.165, 1.54) is 12.1 Å². The van der Waals surface area contributed by atoms with E-state index in [0.717, 1.165) is 12.8 Å². The highest BCUT2D eigenvalue weighted by Crippen LogP contribution is 2.32. The topological polar surface area (TPSA) is 81.7 Å². The number of sulfonamides is 1. The Morgan fingerprint density at radius 2 is 1.91 bits per heavy atom. The monoisotopic (exact) mass is 337 g/mol. The summed E-state index contributed by atoms with van der Waals surface area (Å²) in [4.78, 5) is 10.8. The summed E-state index contributed by atoms with van der Waals surface area (Å²) in [5.74, 6) is 6.00. The van der Waals surface area contributed by atoms with Crippen molar-refractivity contribution in [3.8, 4) is 17.6 Å². The van der Waals surface area contributed by atoms with Crippen molar-refractivity contribution in [1.29, 1.82) is 0 Å². The van der Waals surface area contributed by atoms with Crippen LogP contribution >= 0.6 is 0 Å². The summed E-state index contributed by atoms with van der Waals surface area (Å²) in [5, 5.41) is 0. The van der Waals surface area contributed by atoms with Gasteiger partial charge in [0.2, 0.25) is 10.0 Å². The predicted octanol–water partition coefficient (Wildman–Crippen LogP) is 1.81. The van der Waals surface area contributed by atoms with Gasteiger partial charge >= 0.3 is 0 Å². The number of hydrogen-bond acceptors (Lipinski definition) is 5. The molecule has 0 atom stereocenters. The molecule has 7 heteroatoms. The number of hydrogen-bond donors (Lipinski definition) is 1. The smallest absolute Gasteiger partial charge is 0.294 e. The van der Waals surface area contributed by atoms with Crippen molar-refractivity contribution in [2.75, 3.05) is 6.61 Å². The van der Waals surface area contributed by atoms with E-state index >= 15 is 0 Å². The van der Waals surface area contributed by atoms with E-state index in [4.69, 9.17) is 9.47 Å². The maximum atomic E-state index is 12.5. The van der Waals surface area contributed by atoms with E-state index in [1.54, 1.807) is 19.1 Å². The molecule has 0 radical (unpaired) electrons. The van der Waals surface area contributed by atoms with Crippen molar-refractivity contribution in [2.24, 2.45) is 0 Å². The van der Waals surface area contributed by atoms with Gasteiger partial charge < -0.3 is 9.47 Å². The van der Waals surface area contributed by atoms with E-state index in [9.17, 15) is 13.2 Å². The molecule has 1 aliphatic rings. The van der Waals surface area contributed by atoms with Gasteiger partial charge in [0.1, 0.15) is 12.4 Å². The van der Waals surface area contributed by atoms with E-state index in [1.807, 2.05) is 0 Å². The van der Waals surface area contributed by atoms with Crippen LogP contribution in [0.3, 0.4) is 0 Å². The summed E-state index contributed by atoms with van der Waals surface area (Å²) >= 11 is 0. The number of carbonyl (C=O) groups is 1. The van der Waals surface area contributed by atoms with Crippen molar-refractivity contribution in [1.82, 2.24) is 4.72 Å². The van der Waals surface area contributed by atoms with Gasteiger partial charge in [-0.3, -0.25) is 4.79 Å². The summed E-state index contributed by atoms with van der Waals surface area (Å²) in [6.07, 6.45) is 2.56. The maximum absolute atomic E-state index is 12.5. The number of nitrogens with one attached hydrogen (secondary N) is 1. The summed E-state index contributed by atoms with van der Waals surface area (Å²) < 4.78 is 37.8. The Balaban J connectivity index is 2.12. The molecule has 2 rings (SSSR count). The highest BCUT2D eigenvalue weighted by molar-refractivity contribution is 7.89. The molecule has 1 fully saturated rings. The third kappa shape index (κ3) is 4.47. The van der Waals surface area contributed by atoms with Gasteiger partial charge in [0.05, 0.1) is 4.90 Å². The Labute approximate surface area is 136 Å². The molecule has 1 aromatic rings. The fourth-order valence-corrected chi connectivity index (χ4v) is 3.85. The van der Waals surface area contributed by atoms with Gasteiger partial charge in [-0.05, 0) is 44.0 Å². The fourth-order valence-electron chi connectivity index (χ4n) is 2.49. The molecule has 0 saturated heterocycles. The molecule has 1 saturated carbocycles. The first kappa shape index (κ1) is 17.3. The van der Waals surface area contributed by atoms with Crippen LogP contribution in [-0.4, -0.2) is 27.2 Å². The minimum atomic E-state index is -3.78. The minimum Gasteiger partial charge on any atom is -0.481 e. The van der Waals surface area contributed by atoms with Crippen LogP contribution in [-0.2, 0) is 19.6 Å². The normalized spacial score (nSPS) is 16.2. The van der Waals surface area contributed by atoms with Crippen LogP contribution in [0.5, 0.6) is 5.75 Å². The zero-order valence-electron chi connectivity index (χ0n) is 12.9. The van der Waals surface area contributed by atoms with Crippen LogP contribution in [0.1, 0.15) is 32.6 Å². The minimum absolute atomic E-state index is 0.0900. The summed E-state index contributed by atoms with van der Waals surface area (Å²) in [7, 11) is -3.78. The zero-order valence-corrected chi connectivity index (χ0v) is 13.7. The van der Waals surface area contributed by atoms with Crippen LogP contribution in [0.4, 0.5) is 0 Å². The second-order valence-corrected chi connectivity index (χ2v) is 6.89. The van der Waals surface area contributed by atoms with Crippen molar-refractivity contribution < 1.29 is 22.7 Å². The number of benzene rings is 1. The Morgan fingerprint density at radius 3 is 2.48 bits per heavy atom. The van der Waals surface area contributed by atoms with Gasteiger partial charge in [0.25, 0.3) is 6.47 Å². The second kappa shape index (κ2) is 7.49. The molecule has 1 aromatic carbocycles. The molecule has 0 spiro atoms. The molecule has 0 bridgehead atoms. The average molecular weight is 337 g/mol. The maximum Gasteiger partial charge on any atom is 0.294 e. The van der Waals surface area contributed by atoms with Crippen molar-refractivity contribution >= 4 is 16.5 Å². The molecule has 6 nitrogen and oxygen atoms in total. The lowest BCUT2D eigenvalue weighted by Crippen LogP contribution is -2.48. The van der Waals surface area contributed by atoms with Gasteiger partial charge in [-0.25, -0.2) is 8.42 Å². The molecule has 1 N–H and O–H groups in total. The van der Waals surface area contributed by atoms with Crippen LogP contribution < -0.4 is 9.46 Å². The molecular weight excluding hydrogens is 318 g/mol. The highest BCUT2D eigenvalue weighted by atomic mass is 32.2. The summed E-state index contributed by atoms with van der Waals surface area (Å²) in [6.45, 7) is 2.25. The lowest BCUT2D eigenvalue weighted by atomic mass is 10.2. The molecule has 0 amide bonds. The zero-order chi connectivity index (χ0) is 16.8. The molecule has 0 heterocycles. The van der Waals surface area contributed by atoms with E-state index in [0.29, 0.717) is 25.1 Å². The first-order valence-corrected chi connectivity index (χ1v) is 8.78. The number of rotatable bonds is 7. The first-order chi connectivity index (χ1) is 11.0. The van der Waals surface area contributed by atoms with Gasteiger partial charge in [-0.1, -0.05) is 5.92 Å².